The molecule has 0 saturated carbocycles. The molecule has 0 spiro atoms. The molecule has 1 atom stereocenters. The van der Waals surface area contributed by atoms with Gasteiger partial charge in [0.1, 0.15) is 5.69 Å². The molecule has 1 heterocycles. The quantitative estimate of drug-likeness (QED) is 0.667. The summed E-state index contributed by atoms with van der Waals surface area (Å²) in [7, 11) is -4.86. The van der Waals surface area contributed by atoms with E-state index in [0.717, 1.165) is 6.07 Å². The molecule has 0 aliphatic heterocycles. The Hall–Kier alpha value is -1.48. The second-order valence-corrected chi connectivity index (χ2v) is 6.61. The van der Waals surface area contributed by atoms with Crippen molar-refractivity contribution in [3.8, 4) is 0 Å². The number of carbonyl (C=O) groups is 1. The molecule has 12 heteroatoms. The Morgan fingerprint density at radius 2 is 2.08 bits per heavy atom. The number of amides is 1. The number of benzene rings is 1. The van der Waals surface area contributed by atoms with E-state index in [-0.39, 0.29) is 16.4 Å². The molecule has 1 aromatic carbocycles. The normalized spacial score (nSPS) is 12.9. The minimum absolute atomic E-state index is 0.155. The number of hydrogen-bond donors (Lipinski definition) is 3. The number of halogens is 3. The van der Waals surface area contributed by atoms with Crippen molar-refractivity contribution in [1.29, 1.82) is 0 Å². The van der Waals surface area contributed by atoms with Crippen LogP contribution < -0.4 is 5.32 Å². The minimum Gasteiger partial charge on any atom is -0.319 e. The molecule has 0 fully saturated rings. The molecule has 0 bridgehead atoms. The van der Waals surface area contributed by atoms with Crippen LogP contribution in [-0.2, 0) is 9.09 Å². The van der Waals surface area contributed by atoms with Crippen LogP contribution in [0.2, 0.25) is 10.0 Å². The first kappa shape index (κ1) is 18.9. The zero-order valence-corrected chi connectivity index (χ0v) is 14.4. The van der Waals surface area contributed by atoms with Crippen LogP contribution in [0.25, 0.3) is 0 Å². The van der Waals surface area contributed by atoms with Crippen LogP contribution in [0.15, 0.2) is 24.3 Å². The lowest BCUT2D eigenvalue weighted by molar-refractivity contribution is 0.0794. The summed E-state index contributed by atoms with van der Waals surface area (Å²) < 4.78 is 29.4. The van der Waals surface area contributed by atoms with Crippen LogP contribution >= 0.6 is 31.0 Å². The van der Waals surface area contributed by atoms with E-state index in [0.29, 0.717) is 9.70 Å². The standard InChI is InChI=1S/C12H11Cl2FN3O5P/c1-6(23-24(20,21)22)18-10(5-11(15)17-18)12(19)16-9-3-2-7(13)4-8(9)14/h2-6H,1H3,(H,16,19)(H2,20,21,22). The van der Waals surface area contributed by atoms with E-state index in [1.165, 1.54) is 25.1 Å². The van der Waals surface area contributed by atoms with Crippen molar-refractivity contribution in [1.82, 2.24) is 9.78 Å². The predicted molar refractivity (Wildman–Crippen MR) is 84.4 cm³/mol. The summed E-state index contributed by atoms with van der Waals surface area (Å²) in [6.07, 6.45) is -1.39. The molecule has 0 radical (unpaired) electrons. The molecular weight excluding hydrogens is 387 g/mol. The van der Waals surface area contributed by atoms with E-state index in [2.05, 4.69) is 14.9 Å². The van der Waals surface area contributed by atoms with Crippen molar-refractivity contribution >= 4 is 42.6 Å². The van der Waals surface area contributed by atoms with Crippen molar-refractivity contribution < 1.29 is 28.1 Å². The number of phosphoric ester groups is 1. The largest absolute Gasteiger partial charge is 0.471 e. The second kappa shape index (κ2) is 7.18. The lowest BCUT2D eigenvalue weighted by Crippen LogP contribution is -2.21. The van der Waals surface area contributed by atoms with Gasteiger partial charge in [-0.15, -0.1) is 5.10 Å². The van der Waals surface area contributed by atoms with Gasteiger partial charge in [-0.05, 0) is 25.1 Å². The highest BCUT2D eigenvalue weighted by molar-refractivity contribution is 7.46. The lowest BCUT2D eigenvalue weighted by Gasteiger charge is -2.16. The van der Waals surface area contributed by atoms with Gasteiger partial charge < -0.3 is 15.1 Å². The number of nitrogens with zero attached hydrogens (tertiary/aromatic N) is 2. The number of aromatic nitrogens is 2. The Labute approximate surface area is 145 Å². The zero-order valence-electron chi connectivity index (χ0n) is 12.0. The summed E-state index contributed by atoms with van der Waals surface area (Å²) in [5, 5.41) is 6.29. The Balaban J connectivity index is 2.28. The molecule has 1 amide bonds. The van der Waals surface area contributed by atoms with Crippen molar-refractivity contribution in [3.63, 3.8) is 0 Å². The van der Waals surface area contributed by atoms with Crippen molar-refractivity contribution in [3.05, 3.63) is 46.0 Å². The molecule has 24 heavy (non-hydrogen) atoms. The SMILES string of the molecule is CC(OP(=O)(O)O)n1nc(F)cc1C(=O)Nc1ccc(Cl)cc1Cl. The Morgan fingerprint density at radius 3 is 2.67 bits per heavy atom. The molecule has 2 rings (SSSR count). The maximum Gasteiger partial charge on any atom is 0.471 e. The highest BCUT2D eigenvalue weighted by Crippen LogP contribution is 2.40. The summed E-state index contributed by atoms with van der Waals surface area (Å²) in [4.78, 5) is 29.9. The van der Waals surface area contributed by atoms with E-state index in [1.807, 2.05) is 0 Å². The van der Waals surface area contributed by atoms with Crippen LogP contribution in [0.3, 0.4) is 0 Å². The Bertz CT molecular complexity index is 825. The van der Waals surface area contributed by atoms with Crippen molar-refractivity contribution in [2.24, 2.45) is 0 Å². The zero-order chi connectivity index (χ0) is 18.1. The molecule has 2 aromatic rings. The van der Waals surface area contributed by atoms with Gasteiger partial charge in [-0.2, -0.15) is 4.39 Å². The number of phosphoric acid groups is 1. The van der Waals surface area contributed by atoms with Gasteiger partial charge in [-0.1, -0.05) is 23.2 Å². The van der Waals surface area contributed by atoms with E-state index in [9.17, 15) is 13.8 Å². The Kier molecular flexibility index (Phi) is 5.64. The first-order valence-corrected chi connectivity index (χ1v) is 8.61. The van der Waals surface area contributed by atoms with E-state index >= 15 is 0 Å². The fourth-order valence-electron chi connectivity index (χ4n) is 1.83. The average molecular weight is 398 g/mol. The first-order chi connectivity index (χ1) is 11.1. The summed E-state index contributed by atoms with van der Waals surface area (Å²) in [5.74, 6) is -1.83. The molecule has 0 aliphatic carbocycles. The summed E-state index contributed by atoms with van der Waals surface area (Å²) in [5.41, 5.74) is -0.109. The number of nitrogens with one attached hydrogen (secondary N) is 1. The van der Waals surface area contributed by atoms with Gasteiger partial charge in [0, 0.05) is 11.1 Å². The van der Waals surface area contributed by atoms with Crippen molar-refractivity contribution in [2.45, 2.75) is 13.2 Å². The topological polar surface area (TPSA) is 114 Å². The third kappa shape index (κ3) is 4.76. The number of hydrogen-bond acceptors (Lipinski definition) is 4. The molecule has 0 saturated heterocycles. The van der Waals surface area contributed by atoms with Crippen LogP contribution in [0.1, 0.15) is 23.6 Å². The van der Waals surface area contributed by atoms with Crippen LogP contribution in [0.4, 0.5) is 10.1 Å². The maximum absolute atomic E-state index is 13.4. The van der Waals surface area contributed by atoms with Gasteiger partial charge in [0.15, 0.2) is 6.23 Å². The highest BCUT2D eigenvalue weighted by atomic mass is 35.5. The molecular formula is C12H11Cl2FN3O5P. The van der Waals surface area contributed by atoms with Crippen molar-refractivity contribution in [2.75, 3.05) is 5.32 Å². The van der Waals surface area contributed by atoms with Gasteiger partial charge in [-0.3, -0.25) is 9.32 Å². The number of carbonyl (C=O) groups excluding carboxylic acids is 1. The molecule has 1 unspecified atom stereocenters. The predicted octanol–water partition coefficient (Wildman–Crippen LogP) is 3.21. The molecule has 1 aromatic heterocycles. The van der Waals surface area contributed by atoms with Gasteiger partial charge in [0.2, 0.25) is 5.95 Å². The second-order valence-electron chi connectivity index (χ2n) is 4.57. The fourth-order valence-corrected chi connectivity index (χ4v) is 2.77. The third-order valence-corrected chi connectivity index (χ3v) is 3.88. The molecule has 0 aliphatic rings. The van der Waals surface area contributed by atoms with Gasteiger partial charge in [0.25, 0.3) is 5.91 Å². The van der Waals surface area contributed by atoms with Crippen LogP contribution in [0.5, 0.6) is 0 Å². The molecule has 3 N–H and O–H groups in total. The Morgan fingerprint density at radius 1 is 1.42 bits per heavy atom. The van der Waals surface area contributed by atoms with E-state index in [1.54, 1.807) is 0 Å². The number of rotatable bonds is 5. The molecule has 130 valence electrons. The fraction of sp³-hybridized carbons (Fsp3) is 0.167. The maximum atomic E-state index is 13.4. The van der Waals surface area contributed by atoms with Crippen LogP contribution in [-0.4, -0.2) is 25.5 Å². The first-order valence-electron chi connectivity index (χ1n) is 6.32. The van der Waals surface area contributed by atoms with Gasteiger partial charge >= 0.3 is 7.82 Å². The summed E-state index contributed by atoms with van der Waals surface area (Å²) >= 11 is 11.7. The van der Waals surface area contributed by atoms with E-state index in [4.69, 9.17) is 33.0 Å². The van der Waals surface area contributed by atoms with Gasteiger partial charge in [0.05, 0.1) is 10.7 Å². The van der Waals surface area contributed by atoms with Crippen LogP contribution in [0, 0.1) is 5.95 Å². The summed E-state index contributed by atoms with van der Waals surface area (Å²) in [6.45, 7) is 1.19. The third-order valence-electron chi connectivity index (χ3n) is 2.75. The highest BCUT2D eigenvalue weighted by Gasteiger charge is 2.26. The minimum atomic E-state index is -4.86. The molecule has 8 nitrogen and oxygen atoms in total. The van der Waals surface area contributed by atoms with Gasteiger partial charge in [-0.25, -0.2) is 9.25 Å². The number of anilines is 1. The average Bonchev–Trinajstić information content (AvgIpc) is 2.82. The van der Waals surface area contributed by atoms with E-state index < -0.39 is 25.9 Å². The summed E-state index contributed by atoms with van der Waals surface area (Å²) in [6, 6.07) is 5.12. The lowest BCUT2D eigenvalue weighted by atomic mass is 10.3. The smallest absolute Gasteiger partial charge is 0.319 e. The monoisotopic (exact) mass is 397 g/mol.